The smallest absolute Gasteiger partial charge is 0.191 e. The maximum atomic E-state index is 5.78. The SMILES string of the molecule is CN=C(NCCN1CCOCC1C)NCC1(C)CCCO1.I. The maximum absolute atomic E-state index is 5.78. The van der Waals surface area contributed by atoms with Gasteiger partial charge in [0.15, 0.2) is 5.96 Å². The van der Waals surface area contributed by atoms with Crippen LogP contribution in [0.4, 0.5) is 0 Å². The van der Waals surface area contributed by atoms with Gasteiger partial charge in [-0.1, -0.05) is 0 Å². The summed E-state index contributed by atoms with van der Waals surface area (Å²) in [5, 5.41) is 6.75. The van der Waals surface area contributed by atoms with Gasteiger partial charge in [-0.3, -0.25) is 9.89 Å². The molecular weight excluding hydrogens is 395 g/mol. The molecule has 0 aromatic heterocycles. The van der Waals surface area contributed by atoms with Gasteiger partial charge in [0.25, 0.3) is 0 Å². The Balaban J connectivity index is 0.00000242. The van der Waals surface area contributed by atoms with Gasteiger partial charge in [-0.05, 0) is 26.7 Å². The summed E-state index contributed by atoms with van der Waals surface area (Å²) in [6, 6.07) is 0.501. The van der Waals surface area contributed by atoms with Crippen LogP contribution >= 0.6 is 24.0 Å². The summed E-state index contributed by atoms with van der Waals surface area (Å²) in [6.07, 6.45) is 2.27. The van der Waals surface area contributed by atoms with Crippen LogP contribution in [0.2, 0.25) is 0 Å². The highest BCUT2D eigenvalue weighted by Crippen LogP contribution is 2.23. The molecule has 2 fully saturated rings. The number of aliphatic imine (C=N–C) groups is 1. The number of guanidine groups is 1. The summed E-state index contributed by atoms with van der Waals surface area (Å²) in [5.74, 6) is 0.854. The lowest BCUT2D eigenvalue weighted by atomic mass is 10.0. The Morgan fingerprint density at radius 1 is 1.36 bits per heavy atom. The van der Waals surface area contributed by atoms with Crippen molar-refractivity contribution in [2.45, 2.75) is 38.3 Å². The van der Waals surface area contributed by atoms with Crippen molar-refractivity contribution in [1.82, 2.24) is 15.5 Å². The lowest BCUT2D eigenvalue weighted by Crippen LogP contribution is -2.49. The zero-order chi connectivity index (χ0) is 15.1. The zero-order valence-electron chi connectivity index (χ0n) is 14.1. The van der Waals surface area contributed by atoms with Crippen LogP contribution in [0.25, 0.3) is 0 Å². The number of nitrogens with one attached hydrogen (secondary N) is 2. The summed E-state index contributed by atoms with van der Waals surface area (Å²) in [5.41, 5.74) is -0.0453. The van der Waals surface area contributed by atoms with Crippen molar-refractivity contribution >= 4 is 29.9 Å². The first-order valence-corrected chi connectivity index (χ1v) is 8.03. The van der Waals surface area contributed by atoms with E-state index in [-0.39, 0.29) is 29.6 Å². The van der Waals surface area contributed by atoms with E-state index < -0.39 is 0 Å². The second-order valence-electron chi connectivity index (χ2n) is 6.21. The fourth-order valence-electron chi connectivity index (χ4n) is 2.88. The van der Waals surface area contributed by atoms with Crippen molar-refractivity contribution in [3.63, 3.8) is 0 Å². The molecule has 2 aliphatic heterocycles. The van der Waals surface area contributed by atoms with Gasteiger partial charge in [-0.2, -0.15) is 0 Å². The summed E-state index contributed by atoms with van der Waals surface area (Å²) < 4.78 is 11.2. The van der Waals surface area contributed by atoms with E-state index in [0.29, 0.717) is 6.04 Å². The first-order chi connectivity index (χ1) is 10.1. The van der Waals surface area contributed by atoms with Crippen LogP contribution in [0.15, 0.2) is 4.99 Å². The minimum absolute atomic E-state index is 0. The highest BCUT2D eigenvalue weighted by Gasteiger charge is 2.29. The largest absolute Gasteiger partial charge is 0.379 e. The lowest BCUT2D eigenvalue weighted by molar-refractivity contribution is 0.000833. The number of hydrogen-bond acceptors (Lipinski definition) is 4. The van der Waals surface area contributed by atoms with Crippen molar-refractivity contribution in [2.24, 2.45) is 4.99 Å². The highest BCUT2D eigenvalue weighted by atomic mass is 127. The van der Waals surface area contributed by atoms with Gasteiger partial charge in [0.2, 0.25) is 0 Å². The molecule has 130 valence electrons. The van der Waals surface area contributed by atoms with Crippen LogP contribution in [0.3, 0.4) is 0 Å². The van der Waals surface area contributed by atoms with Gasteiger partial charge in [-0.15, -0.1) is 24.0 Å². The van der Waals surface area contributed by atoms with Crippen molar-refractivity contribution in [1.29, 1.82) is 0 Å². The van der Waals surface area contributed by atoms with Crippen LogP contribution < -0.4 is 10.6 Å². The van der Waals surface area contributed by atoms with Crippen LogP contribution in [-0.4, -0.2) is 75.5 Å². The van der Waals surface area contributed by atoms with E-state index in [9.17, 15) is 0 Å². The second-order valence-corrected chi connectivity index (χ2v) is 6.21. The Morgan fingerprint density at radius 3 is 2.82 bits per heavy atom. The van der Waals surface area contributed by atoms with Gasteiger partial charge in [0.1, 0.15) is 0 Å². The molecule has 7 heteroatoms. The monoisotopic (exact) mass is 426 g/mol. The normalized spacial score (nSPS) is 30.0. The fourth-order valence-corrected chi connectivity index (χ4v) is 2.88. The molecule has 0 radical (unpaired) electrons. The Hall–Kier alpha value is -0.120. The molecule has 0 saturated carbocycles. The molecule has 2 heterocycles. The van der Waals surface area contributed by atoms with Gasteiger partial charge >= 0.3 is 0 Å². The number of nitrogens with zero attached hydrogens (tertiary/aromatic N) is 2. The van der Waals surface area contributed by atoms with Gasteiger partial charge in [0.05, 0.1) is 18.8 Å². The van der Waals surface area contributed by atoms with E-state index in [1.54, 1.807) is 0 Å². The van der Waals surface area contributed by atoms with Crippen molar-refractivity contribution in [2.75, 3.05) is 53.0 Å². The summed E-state index contributed by atoms with van der Waals surface area (Å²) in [7, 11) is 1.81. The fraction of sp³-hybridized carbons (Fsp3) is 0.933. The van der Waals surface area contributed by atoms with Crippen LogP contribution in [-0.2, 0) is 9.47 Å². The summed E-state index contributed by atoms with van der Waals surface area (Å²) in [6.45, 7) is 10.6. The highest BCUT2D eigenvalue weighted by molar-refractivity contribution is 14.0. The van der Waals surface area contributed by atoms with E-state index in [1.165, 1.54) is 0 Å². The van der Waals surface area contributed by atoms with Gasteiger partial charge in [0, 0.05) is 45.9 Å². The number of rotatable bonds is 5. The van der Waals surface area contributed by atoms with E-state index in [1.807, 2.05) is 7.05 Å². The van der Waals surface area contributed by atoms with Crippen molar-refractivity contribution in [3.8, 4) is 0 Å². The molecule has 0 spiro atoms. The first-order valence-electron chi connectivity index (χ1n) is 8.03. The average molecular weight is 426 g/mol. The lowest BCUT2D eigenvalue weighted by Gasteiger charge is -2.33. The molecule has 0 aromatic rings. The molecule has 2 atom stereocenters. The Kier molecular flexibility index (Phi) is 8.96. The van der Waals surface area contributed by atoms with E-state index in [4.69, 9.17) is 9.47 Å². The van der Waals surface area contributed by atoms with Crippen molar-refractivity contribution in [3.05, 3.63) is 0 Å². The molecule has 0 aliphatic carbocycles. The first kappa shape index (κ1) is 19.9. The number of halogens is 1. The minimum atomic E-state index is -0.0453. The quantitative estimate of drug-likeness (QED) is 0.391. The van der Waals surface area contributed by atoms with Crippen molar-refractivity contribution < 1.29 is 9.47 Å². The molecule has 0 amide bonds. The molecular formula is C15H31IN4O2. The standard InChI is InChI=1S/C15H30N4O2.HI/c1-13-11-20-10-8-19(13)7-6-17-14(16-3)18-12-15(2)5-4-9-21-15;/h13H,4-12H2,1-3H3,(H2,16,17,18);1H. The molecule has 0 aromatic carbocycles. The summed E-state index contributed by atoms with van der Waals surface area (Å²) >= 11 is 0. The number of morpholine rings is 1. The molecule has 2 saturated heterocycles. The maximum Gasteiger partial charge on any atom is 0.191 e. The molecule has 2 rings (SSSR count). The van der Waals surface area contributed by atoms with E-state index in [0.717, 1.165) is 64.8 Å². The third kappa shape index (κ3) is 6.17. The molecule has 2 unspecified atom stereocenters. The zero-order valence-corrected chi connectivity index (χ0v) is 16.4. The van der Waals surface area contributed by atoms with E-state index in [2.05, 4.69) is 34.4 Å². The molecule has 22 heavy (non-hydrogen) atoms. The Labute approximate surface area is 151 Å². The number of hydrogen-bond donors (Lipinski definition) is 2. The predicted molar refractivity (Wildman–Crippen MR) is 100 cm³/mol. The Bertz CT molecular complexity index is 348. The molecule has 0 bridgehead atoms. The minimum Gasteiger partial charge on any atom is -0.379 e. The number of ether oxygens (including phenoxy) is 2. The second kappa shape index (κ2) is 9.89. The molecule has 2 N–H and O–H groups in total. The predicted octanol–water partition coefficient (Wildman–Crippen LogP) is 1.06. The van der Waals surface area contributed by atoms with E-state index >= 15 is 0 Å². The molecule has 2 aliphatic rings. The topological polar surface area (TPSA) is 58.1 Å². The third-order valence-corrected chi connectivity index (χ3v) is 4.35. The van der Waals surface area contributed by atoms with Gasteiger partial charge < -0.3 is 20.1 Å². The molecule has 6 nitrogen and oxygen atoms in total. The van der Waals surface area contributed by atoms with Crippen LogP contribution in [0.5, 0.6) is 0 Å². The Morgan fingerprint density at radius 2 is 2.18 bits per heavy atom. The van der Waals surface area contributed by atoms with Gasteiger partial charge in [-0.25, -0.2) is 0 Å². The van der Waals surface area contributed by atoms with Crippen LogP contribution in [0.1, 0.15) is 26.7 Å². The van der Waals surface area contributed by atoms with Crippen LogP contribution in [0, 0.1) is 0 Å². The summed E-state index contributed by atoms with van der Waals surface area (Å²) in [4.78, 5) is 6.73. The third-order valence-electron chi connectivity index (χ3n) is 4.35. The average Bonchev–Trinajstić information content (AvgIpc) is 2.91.